The summed E-state index contributed by atoms with van der Waals surface area (Å²) in [6.45, 7) is 0. The normalized spacial score (nSPS) is 11.2. The van der Waals surface area contributed by atoms with Crippen LogP contribution in [0, 0.1) is 0 Å². The molecule has 0 aliphatic rings. The summed E-state index contributed by atoms with van der Waals surface area (Å²) in [4.78, 5) is 0. The lowest BCUT2D eigenvalue weighted by Gasteiger charge is -1.79. The van der Waals surface area contributed by atoms with Crippen molar-refractivity contribution in [2.75, 3.05) is 0 Å². The molecule has 0 unspecified atom stereocenters. The molecule has 0 amide bonds. The molecule has 4 heteroatoms. The Hall–Kier alpha value is 0.430. The van der Waals surface area contributed by atoms with Gasteiger partial charge in [-0.2, -0.15) is 0 Å². The topological polar surface area (TPSA) is 32.6 Å². The minimum atomic E-state index is -0.0185. The number of alkyl halides is 2. The first-order valence-electron chi connectivity index (χ1n) is 1.23. The molecule has 0 saturated heterocycles. The van der Waals surface area contributed by atoms with Gasteiger partial charge in [-0.1, -0.05) is 31.9 Å². The van der Waals surface area contributed by atoms with Gasteiger partial charge in [0.05, 0.1) is 6.21 Å². The van der Waals surface area contributed by atoms with E-state index in [1.807, 2.05) is 0 Å². The first-order chi connectivity index (χ1) is 2.77. The number of nitrogens with zero attached hydrogens (tertiary/aromatic N) is 1. The largest absolute Gasteiger partial charge is 0.411 e. The van der Waals surface area contributed by atoms with Gasteiger partial charge in [0.1, 0.15) is 3.74 Å². The second kappa shape index (κ2) is 3.61. The zero-order valence-corrected chi connectivity index (χ0v) is 5.98. The summed E-state index contributed by atoms with van der Waals surface area (Å²) in [6, 6.07) is 0. The number of rotatable bonds is 1. The summed E-state index contributed by atoms with van der Waals surface area (Å²) in [6.07, 6.45) is 1.31. The van der Waals surface area contributed by atoms with Gasteiger partial charge in [0.2, 0.25) is 0 Å². The van der Waals surface area contributed by atoms with Gasteiger partial charge in [0.15, 0.2) is 0 Å². The van der Waals surface area contributed by atoms with Crippen LogP contribution in [0.15, 0.2) is 5.16 Å². The maximum Gasteiger partial charge on any atom is 0.108 e. The number of oxime groups is 1. The average Bonchev–Trinajstić information content (AvgIpc) is 1.35. The highest BCUT2D eigenvalue weighted by Gasteiger charge is 1.85. The van der Waals surface area contributed by atoms with Crippen LogP contribution in [0.1, 0.15) is 0 Å². The highest BCUT2D eigenvalue weighted by atomic mass is 79.9. The monoisotopic (exact) mass is 215 g/mol. The van der Waals surface area contributed by atoms with E-state index in [1.54, 1.807) is 0 Å². The molecule has 2 nitrogen and oxygen atoms in total. The van der Waals surface area contributed by atoms with Crippen LogP contribution in [-0.2, 0) is 0 Å². The zero-order valence-electron chi connectivity index (χ0n) is 2.81. The summed E-state index contributed by atoms with van der Waals surface area (Å²) < 4.78 is -0.0185. The van der Waals surface area contributed by atoms with Crippen LogP contribution < -0.4 is 0 Å². The van der Waals surface area contributed by atoms with Gasteiger partial charge in [-0.05, 0) is 0 Å². The fraction of sp³-hybridized carbons (Fsp3) is 0.500. The van der Waals surface area contributed by atoms with Crippen LogP contribution in [0.2, 0.25) is 0 Å². The predicted molar refractivity (Wildman–Crippen MR) is 31.9 cm³/mol. The quantitative estimate of drug-likeness (QED) is 0.307. The summed E-state index contributed by atoms with van der Waals surface area (Å²) in [5, 5.41) is 10.5. The predicted octanol–water partition coefficient (Wildman–Crippen LogP) is 1.56. The van der Waals surface area contributed by atoms with Crippen molar-refractivity contribution in [3.05, 3.63) is 0 Å². The smallest absolute Gasteiger partial charge is 0.108 e. The molecule has 0 bridgehead atoms. The number of hydrogen-bond acceptors (Lipinski definition) is 2. The van der Waals surface area contributed by atoms with E-state index in [-0.39, 0.29) is 3.74 Å². The second-order valence-corrected chi connectivity index (χ2v) is 3.80. The molecule has 0 aromatic rings. The van der Waals surface area contributed by atoms with E-state index in [9.17, 15) is 0 Å². The molecule has 0 fully saturated rings. The van der Waals surface area contributed by atoms with Crippen LogP contribution in [-0.4, -0.2) is 15.2 Å². The molecule has 1 N–H and O–H groups in total. The van der Waals surface area contributed by atoms with Gasteiger partial charge in [0.25, 0.3) is 0 Å². The van der Waals surface area contributed by atoms with Gasteiger partial charge in [0, 0.05) is 0 Å². The molecule has 6 heavy (non-hydrogen) atoms. The van der Waals surface area contributed by atoms with Gasteiger partial charge >= 0.3 is 0 Å². The van der Waals surface area contributed by atoms with Gasteiger partial charge in [-0.3, -0.25) is 0 Å². The van der Waals surface area contributed by atoms with Crippen LogP contribution in [0.25, 0.3) is 0 Å². The maximum atomic E-state index is 7.75. The molecular weight excluding hydrogens is 214 g/mol. The first-order valence-corrected chi connectivity index (χ1v) is 3.06. The van der Waals surface area contributed by atoms with Crippen molar-refractivity contribution in [2.45, 2.75) is 3.74 Å². The SMILES string of the molecule is ON=CC(Br)Br. The van der Waals surface area contributed by atoms with Crippen molar-refractivity contribution in [3.8, 4) is 0 Å². The lowest BCUT2D eigenvalue weighted by molar-refractivity contribution is 0.321. The lowest BCUT2D eigenvalue weighted by Crippen LogP contribution is -1.81. The highest BCUT2D eigenvalue weighted by molar-refractivity contribution is 9.25. The Morgan fingerprint density at radius 1 is 1.67 bits per heavy atom. The van der Waals surface area contributed by atoms with Crippen molar-refractivity contribution < 1.29 is 5.21 Å². The molecule has 0 spiro atoms. The third kappa shape index (κ3) is 4.43. The van der Waals surface area contributed by atoms with E-state index in [0.717, 1.165) is 0 Å². The van der Waals surface area contributed by atoms with Crippen LogP contribution in [0.5, 0.6) is 0 Å². The van der Waals surface area contributed by atoms with E-state index < -0.39 is 0 Å². The van der Waals surface area contributed by atoms with E-state index >= 15 is 0 Å². The summed E-state index contributed by atoms with van der Waals surface area (Å²) in [7, 11) is 0. The number of hydrogen-bond donors (Lipinski definition) is 1. The van der Waals surface area contributed by atoms with Crippen LogP contribution in [0.3, 0.4) is 0 Å². The minimum absolute atomic E-state index is 0.0185. The summed E-state index contributed by atoms with van der Waals surface area (Å²) in [5.74, 6) is 0. The summed E-state index contributed by atoms with van der Waals surface area (Å²) >= 11 is 6.08. The van der Waals surface area contributed by atoms with Gasteiger partial charge < -0.3 is 5.21 Å². The van der Waals surface area contributed by atoms with E-state index in [2.05, 4.69) is 37.0 Å². The van der Waals surface area contributed by atoms with Crippen LogP contribution >= 0.6 is 31.9 Å². The second-order valence-electron chi connectivity index (χ2n) is 0.599. The highest BCUT2D eigenvalue weighted by Crippen LogP contribution is 2.02. The minimum Gasteiger partial charge on any atom is -0.411 e. The zero-order chi connectivity index (χ0) is 4.99. The molecule has 36 valence electrons. The Bertz CT molecular complexity index is 53.5. The Kier molecular flexibility index (Phi) is 3.87. The molecule has 0 aliphatic heterocycles. The molecule has 0 radical (unpaired) electrons. The fourth-order valence-corrected chi connectivity index (χ4v) is 0.262. The van der Waals surface area contributed by atoms with Crippen molar-refractivity contribution in [3.63, 3.8) is 0 Å². The van der Waals surface area contributed by atoms with Gasteiger partial charge in [-0.15, -0.1) is 5.16 Å². The average molecular weight is 217 g/mol. The third-order valence-electron chi connectivity index (χ3n) is 0.179. The Balaban J connectivity index is 3.03. The Morgan fingerprint density at radius 3 is 2.17 bits per heavy atom. The van der Waals surface area contributed by atoms with E-state index in [4.69, 9.17) is 5.21 Å². The molecule has 0 aliphatic carbocycles. The van der Waals surface area contributed by atoms with E-state index in [1.165, 1.54) is 6.21 Å². The lowest BCUT2D eigenvalue weighted by atomic mass is 10.9. The number of halogens is 2. The first kappa shape index (κ1) is 6.43. The standard InChI is InChI=1S/C2H3Br2NO/c3-2(4)1-5-6/h1-2,6H. The Morgan fingerprint density at radius 2 is 2.17 bits per heavy atom. The van der Waals surface area contributed by atoms with Crippen molar-refractivity contribution >= 4 is 38.1 Å². The molecule has 0 aromatic heterocycles. The molecule has 0 atom stereocenters. The summed E-state index contributed by atoms with van der Waals surface area (Å²) in [5.41, 5.74) is 0. The Labute approximate surface area is 52.5 Å². The fourth-order valence-electron chi connectivity index (χ4n) is 0.0504. The molecule has 0 aromatic carbocycles. The maximum absolute atomic E-state index is 7.75. The van der Waals surface area contributed by atoms with Crippen molar-refractivity contribution in [2.24, 2.45) is 5.16 Å². The molecular formula is C2H3Br2NO. The molecule has 0 heterocycles. The van der Waals surface area contributed by atoms with Crippen LogP contribution in [0.4, 0.5) is 0 Å². The molecule has 0 saturated carbocycles. The molecule has 0 rings (SSSR count). The van der Waals surface area contributed by atoms with Crippen molar-refractivity contribution in [1.29, 1.82) is 0 Å². The van der Waals surface area contributed by atoms with Crippen molar-refractivity contribution in [1.82, 2.24) is 0 Å². The third-order valence-corrected chi connectivity index (χ3v) is 0.652. The van der Waals surface area contributed by atoms with Gasteiger partial charge in [-0.25, -0.2) is 0 Å². The van der Waals surface area contributed by atoms with E-state index in [0.29, 0.717) is 0 Å².